The molecular weight excluding hydrogens is 444 g/mol. The number of thiophene rings is 1. The number of nitrogens with one attached hydrogen (secondary N) is 2. The van der Waals surface area contributed by atoms with Gasteiger partial charge in [-0.3, -0.25) is 9.59 Å². The molecule has 2 heterocycles. The van der Waals surface area contributed by atoms with Crippen molar-refractivity contribution in [2.24, 2.45) is 0 Å². The summed E-state index contributed by atoms with van der Waals surface area (Å²) in [5.74, 6) is -0.417. The lowest BCUT2D eigenvalue weighted by Crippen LogP contribution is -2.15. The smallest absolute Gasteiger partial charge is 0.341 e. The molecule has 2 aromatic carbocycles. The molecule has 170 valence electrons. The normalized spacial score (nSPS) is 11.7. The van der Waals surface area contributed by atoms with Crippen LogP contribution >= 0.6 is 11.3 Å². The molecule has 0 radical (unpaired) electrons. The summed E-state index contributed by atoms with van der Waals surface area (Å²) in [6, 6.07) is 12.2. The topological polar surface area (TPSA) is 103 Å². The van der Waals surface area contributed by atoms with Gasteiger partial charge in [0.15, 0.2) is 11.5 Å². The van der Waals surface area contributed by atoms with Gasteiger partial charge in [0.1, 0.15) is 5.00 Å². The highest BCUT2D eigenvalue weighted by atomic mass is 32.1. The van der Waals surface area contributed by atoms with Crippen LogP contribution in [0.2, 0.25) is 0 Å². The number of aryl methyl sites for hydroxylation is 1. The van der Waals surface area contributed by atoms with Crippen molar-refractivity contribution in [3.63, 3.8) is 0 Å². The number of hydrogen-bond acceptors (Lipinski definition) is 7. The number of anilines is 2. The van der Waals surface area contributed by atoms with E-state index in [0.717, 1.165) is 16.9 Å². The average Bonchev–Trinajstić information content (AvgIpc) is 3.37. The fraction of sp³-hybridized carbons (Fsp3) is 0.208. The number of benzene rings is 2. The van der Waals surface area contributed by atoms with Crippen LogP contribution in [0.4, 0.5) is 10.7 Å². The summed E-state index contributed by atoms with van der Waals surface area (Å²) < 4.78 is 15.8. The maximum atomic E-state index is 13.0. The van der Waals surface area contributed by atoms with Crippen LogP contribution in [-0.2, 0) is 4.74 Å². The predicted octanol–water partition coefficient (Wildman–Crippen LogP) is 4.77. The lowest BCUT2D eigenvalue weighted by atomic mass is 10.1. The predicted molar refractivity (Wildman–Crippen MR) is 125 cm³/mol. The standard InChI is InChI=1S/C24H22N2O6S/c1-4-30-24(29)19-14(3)20(22(28)25-16-7-5-6-13(2)10-16)33-23(19)26-21(27)15-8-9-17-18(11-15)32-12-31-17/h5-11H,4,12H2,1-3H3,(H,25,28)(H,26,27). The highest BCUT2D eigenvalue weighted by Crippen LogP contribution is 2.36. The zero-order valence-electron chi connectivity index (χ0n) is 18.3. The van der Waals surface area contributed by atoms with Crippen LogP contribution in [0.25, 0.3) is 0 Å². The van der Waals surface area contributed by atoms with Crippen LogP contribution in [0.15, 0.2) is 42.5 Å². The average molecular weight is 467 g/mol. The van der Waals surface area contributed by atoms with Crippen LogP contribution in [0, 0.1) is 13.8 Å². The molecule has 0 spiro atoms. The van der Waals surface area contributed by atoms with Gasteiger partial charge in [-0.05, 0) is 62.2 Å². The maximum Gasteiger partial charge on any atom is 0.341 e. The van der Waals surface area contributed by atoms with Crippen LogP contribution in [0.3, 0.4) is 0 Å². The second kappa shape index (κ2) is 9.33. The molecule has 1 aliphatic rings. The summed E-state index contributed by atoms with van der Waals surface area (Å²) >= 11 is 1.02. The van der Waals surface area contributed by atoms with E-state index in [0.29, 0.717) is 33.2 Å². The molecule has 2 amide bonds. The minimum Gasteiger partial charge on any atom is -0.462 e. The molecule has 1 aliphatic heterocycles. The Kier molecular flexibility index (Phi) is 6.32. The van der Waals surface area contributed by atoms with Crippen molar-refractivity contribution in [2.75, 3.05) is 24.0 Å². The zero-order valence-corrected chi connectivity index (χ0v) is 19.1. The first-order valence-electron chi connectivity index (χ1n) is 10.3. The highest BCUT2D eigenvalue weighted by Gasteiger charge is 2.27. The number of fused-ring (bicyclic) bond motifs is 1. The Morgan fingerprint density at radius 2 is 1.79 bits per heavy atom. The van der Waals surface area contributed by atoms with Gasteiger partial charge in [0, 0.05) is 11.3 Å². The van der Waals surface area contributed by atoms with Crippen molar-refractivity contribution in [3.8, 4) is 11.5 Å². The number of hydrogen-bond donors (Lipinski definition) is 2. The second-order valence-electron chi connectivity index (χ2n) is 7.33. The van der Waals surface area contributed by atoms with E-state index < -0.39 is 11.9 Å². The lowest BCUT2D eigenvalue weighted by molar-refractivity contribution is 0.0527. The monoisotopic (exact) mass is 466 g/mol. The first kappa shape index (κ1) is 22.3. The number of esters is 1. The Hall–Kier alpha value is -3.85. The molecule has 0 atom stereocenters. The third kappa shape index (κ3) is 4.68. The fourth-order valence-corrected chi connectivity index (χ4v) is 4.48. The summed E-state index contributed by atoms with van der Waals surface area (Å²) in [4.78, 5) is 38.9. The molecule has 33 heavy (non-hydrogen) atoms. The highest BCUT2D eigenvalue weighted by molar-refractivity contribution is 7.19. The molecule has 0 unspecified atom stereocenters. The van der Waals surface area contributed by atoms with Crippen LogP contribution in [0.5, 0.6) is 11.5 Å². The Balaban J connectivity index is 1.64. The van der Waals surface area contributed by atoms with Gasteiger partial charge in [0.2, 0.25) is 6.79 Å². The number of ether oxygens (including phenoxy) is 3. The molecule has 1 aromatic heterocycles. The van der Waals surface area contributed by atoms with Crippen LogP contribution in [-0.4, -0.2) is 31.2 Å². The third-order valence-corrected chi connectivity index (χ3v) is 6.18. The Morgan fingerprint density at radius 1 is 1.00 bits per heavy atom. The van der Waals surface area contributed by atoms with Crippen LogP contribution in [0.1, 0.15) is 48.4 Å². The SMILES string of the molecule is CCOC(=O)c1c(NC(=O)c2ccc3c(c2)OCO3)sc(C(=O)Nc2cccc(C)c2)c1C. The van der Waals surface area contributed by atoms with E-state index in [2.05, 4.69) is 10.6 Å². The van der Waals surface area contributed by atoms with Gasteiger partial charge in [0.05, 0.1) is 17.0 Å². The van der Waals surface area contributed by atoms with E-state index in [4.69, 9.17) is 14.2 Å². The van der Waals surface area contributed by atoms with Crippen molar-refractivity contribution < 1.29 is 28.6 Å². The Bertz CT molecular complexity index is 1250. The van der Waals surface area contributed by atoms with E-state index in [1.165, 1.54) is 0 Å². The van der Waals surface area contributed by atoms with Gasteiger partial charge >= 0.3 is 5.97 Å². The number of rotatable bonds is 6. The van der Waals surface area contributed by atoms with Crippen molar-refractivity contribution >= 4 is 39.8 Å². The summed E-state index contributed by atoms with van der Waals surface area (Å²) in [5, 5.41) is 5.83. The molecule has 0 saturated heterocycles. The lowest BCUT2D eigenvalue weighted by Gasteiger charge is -2.07. The Morgan fingerprint density at radius 3 is 2.55 bits per heavy atom. The molecule has 2 N–H and O–H groups in total. The first-order chi connectivity index (χ1) is 15.9. The van der Waals surface area contributed by atoms with E-state index in [-0.39, 0.29) is 29.9 Å². The Labute approximate surface area is 194 Å². The molecule has 8 nitrogen and oxygen atoms in total. The third-order valence-electron chi connectivity index (χ3n) is 4.97. The largest absolute Gasteiger partial charge is 0.462 e. The molecular formula is C24H22N2O6S. The molecule has 4 rings (SSSR count). The molecule has 0 bridgehead atoms. The summed E-state index contributed by atoms with van der Waals surface area (Å²) in [6.07, 6.45) is 0. The van der Waals surface area contributed by atoms with Gasteiger partial charge in [0.25, 0.3) is 11.8 Å². The number of carbonyl (C=O) groups is 3. The summed E-state index contributed by atoms with van der Waals surface area (Å²) in [6.45, 7) is 5.53. The van der Waals surface area contributed by atoms with Gasteiger partial charge in [-0.2, -0.15) is 0 Å². The van der Waals surface area contributed by atoms with Crippen molar-refractivity contribution in [1.82, 2.24) is 0 Å². The fourth-order valence-electron chi connectivity index (χ4n) is 3.39. The molecule has 3 aromatic rings. The van der Waals surface area contributed by atoms with Crippen LogP contribution < -0.4 is 20.1 Å². The number of carbonyl (C=O) groups excluding carboxylic acids is 3. The number of amides is 2. The van der Waals surface area contributed by atoms with Gasteiger partial charge < -0.3 is 24.8 Å². The minimum atomic E-state index is -0.609. The van der Waals surface area contributed by atoms with Crippen molar-refractivity contribution in [2.45, 2.75) is 20.8 Å². The molecule has 9 heteroatoms. The van der Waals surface area contributed by atoms with Gasteiger partial charge in [-0.25, -0.2) is 4.79 Å². The minimum absolute atomic E-state index is 0.0942. The zero-order chi connectivity index (χ0) is 23.5. The van der Waals surface area contributed by atoms with Gasteiger partial charge in [-0.15, -0.1) is 11.3 Å². The quantitative estimate of drug-likeness (QED) is 0.507. The van der Waals surface area contributed by atoms with E-state index in [1.54, 1.807) is 38.1 Å². The van der Waals surface area contributed by atoms with Crippen molar-refractivity contribution in [3.05, 3.63) is 69.6 Å². The van der Waals surface area contributed by atoms with Gasteiger partial charge in [-0.1, -0.05) is 12.1 Å². The molecule has 0 fully saturated rings. The summed E-state index contributed by atoms with van der Waals surface area (Å²) in [5.41, 5.74) is 2.55. The van der Waals surface area contributed by atoms with E-state index in [1.807, 2.05) is 25.1 Å². The molecule has 0 saturated carbocycles. The molecule has 0 aliphatic carbocycles. The van der Waals surface area contributed by atoms with Crippen molar-refractivity contribution in [1.29, 1.82) is 0 Å². The van der Waals surface area contributed by atoms with E-state index in [9.17, 15) is 14.4 Å². The first-order valence-corrected chi connectivity index (χ1v) is 11.1. The summed E-state index contributed by atoms with van der Waals surface area (Å²) in [7, 11) is 0. The van der Waals surface area contributed by atoms with E-state index >= 15 is 0 Å². The second-order valence-corrected chi connectivity index (χ2v) is 8.35. The maximum absolute atomic E-state index is 13.0.